The van der Waals surface area contributed by atoms with Gasteiger partial charge < -0.3 is 14.7 Å². The maximum atomic E-state index is 12.5. The average molecular weight is 462 g/mol. The molecule has 1 N–H and O–H groups in total. The monoisotopic (exact) mass is 461 g/mol. The van der Waals surface area contributed by atoms with Gasteiger partial charge in [-0.25, -0.2) is 0 Å². The first kappa shape index (κ1) is 21.6. The van der Waals surface area contributed by atoms with Gasteiger partial charge in [0.1, 0.15) is 17.1 Å². The summed E-state index contributed by atoms with van der Waals surface area (Å²) >= 11 is 1.58. The van der Waals surface area contributed by atoms with Crippen LogP contribution in [0.3, 0.4) is 0 Å². The Balaban J connectivity index is 1.11. The van der Waals surface area contributed by atoms with E-state index in [0.29, 0.717) is 17.0 Å². The maximum absolute atomic E-state index is 12.5. The number of hydrogen-bond donors (Lipinski definition) is 1. The van der Waals surface area contributed by atoms with E-state index < -0.39 is 0 Å². The first-order valence-electron chi connectivity index (χ1n) is 11.2. The minimum Gasteiger partial charge on any atom is -0.361 e. The Morgan fingerprint density at radius 1 is 1.06 bits per heavy atom. The number of aryl methyl sites for hydroxylation is 2. The first-order chi connectivity index (χ1) is 16.1. The summed E-state index contributed by atoms with van der Waals surface area (Å²) in [4.78, 5) is 17.4. The SMILES string of the molecule is Cc1noc(C)c1C(=O)Nc1ccc(CCN2CCN(c3nsc4ccccc34)CC2)cc1. The van der Waals surface area contributed by atoms with Crippen LogP contribution >= 0.6 is 11.5 Å². The van der Waals surface area contributed by atoms with E-state index in [1.807, 2.05) is 12.1 Å². The lowest BCUT2D eigenvalue weighted by Gasteiger charge is -2.35. The summed E-state index contributed by atoms with van der Waals surface area (Å²) in [5.74, 6) is 1.47. The van der Waals surface area contributed by atoms with Gasteiger partial charge in [-0.05, 0) is 61.6 Å². The normalized spacial score (nSPS) is 14.7. The van der Waals surface area contributed by atoms with Crippen molar-refractivity contribution >= 4 is 39.0 Å². The van der Waals surface area contributed by atoms with Gasteiger partial charge in [-0.1, -0.05) is 29.4 Å². The zero-order chi connectivity index (χ0) is 22.8. The van der Waals surface area contributed by atoms with Crippen LogP contribution in [0.25, 0.3) is 10.1 Å². The molecule has 33 heavy (non-hydrogen) atoms. The van der Waals surface area contributed by atoms with Crippen molar-refractivity contribution in [1.82, 2.24) is 14.4 Å². The van der Waals surface area contributed by atoms with Crippen LogP contribution in [0.2, 0.25) is 0 Å². The number of carbonyl (C=O) groups is 1. The molecule has 170 valence electrons. The van der Waals surface area contributed by atoms with Crippen molar-refractivity contribution in [2.45, 2.75) is 20.3 Å². The van der Waals surface area contributed by atoms with Crippen molar-refractivity contribution < 1.29 is 9.32 Å². The van der Waals surface area contributed by atoms with E-state index in [4.69, 9.17) is 8.90 Å². The molecule has 0 bridgehead atoms. The number of rotatable bonds is 6. The highest BCUT2D eigenvalue weighted by Crippen LogP contribution is 2.29. The highest BCUT2D eigenvalue weighted by Gasteiger charge is 2.21. The van der Waals surface area contributed by atoms with Gasteiger partial charge in [-0.2, -0.15) is 4.37 Å². The number of anilines is 2. The minimum atomic E-state index is -0.190. The third-order valence-corrected chi connectivity index (χ3v) is 7.04. The summed E-state index contributed by atoms with van der Waals surface area (Å²) in [7, 11) is 0. The van der Waals surface area contributed by atoms with Gasteiger partial charge in [0.2, 0.25) is 0 Å². The van der Waals surface area contributed by atoms with Gasteiger partial charge in [-0.3, -0.25) is 9.69 Å². The molecule has 0 atom stereocenters. The smallest absolute Gasteiger partial charge is 0.261 e. The molecular formula is C25H27N5O2S. The molecule has 0 spiro atoms. The van der Waals surface area contributed by atoms with E-state index in [0.717, 1.165) is 50.6 Å². The summed E-state index contributed by atoms with van der Waals surface area (Å²) in [6.07, 6.45) is 0.984. The topological polar surface area (TPSA) is 74.5 Å². The Morgan fingerprint density at radius 3 is 2.55 bits per heavy atom. The van der Waals surface area contributed by atoms with Crippen molar-refractivity contribution in [1.29, 1.82) is 0 Å². The van der Waals surface area contributed by atoms with E-state index in [2.05, 4.69) is 56.7 Å². The molecule has 1 fully saturated rings. The lowest BCUT2D eigenvalue weighted by Crippen LogP contribution is -2.47. The second kappa shape index (κ2) is 9.33. The van der Waals surface area contributed by atoms with Crippen LogP contribution < -0.4 is 10.2 Å². The fraction of sp³-hybridized carbons (Fsp3) is 0.320. The molecule has 4 aromatic rings. The van der Waals surface area contributed by atoms with E-state index in [-0.39, 0.29) is 5.91 Å². The Morgan fingerprint density at radius 2 is 1.82 bits per heavy atom. The molecule has 5 rings (SSSR count). The fourth-order valence-electron chi connectivity index (χ4n) is 4.33. The van der Waals surface area contributed by atoms with Gasteiger partial charge in [0.25, 0.3) is 5.91 Å². The molecule has 8 heteroatoms. The molecular weight excluding hydrogens is 434 g/mol. The van der Waals surface area contributed by atoms with E-state index in [1.54, 1.807) is 25.4 Å². The molecule has 0 radical (unpaired) electrons. The van der Waals surface area contributed by atoms with Crippen molar-refractivity contribution in [3.63, 3.8) is 0 Å². The largest absolute Gasteiger partial charge is 0.361 e. The predicted octanol–water partition coefficient (Wildman–Crippen LogP) is 4.52. The Kier molecular flexibility index (Phi) is 6.11. The first-order valence-corrected chi connectivity index (χ1v) is 12.0. The quantitative estimate of drug-likeness (QED) is 0.455. The number of aromatic nitrogens is 2. The van der Waals surface area contributed by atoms with E-state index >= 15 is 0 Å². The van der Waals surface area contributed by atoms with Crippen molar-refractivity contribution in [2.75, 3.05) is 42.9 Å². The molecule has 1 aliphatic heterocycles. The standard InChI is InChI=1S/C25H27N5O2S/c1-17-23(18(2)32-27-17)25(31)26-20-9-7-19(8-10-20)11-12-29-13-15-30(16-14-29)24-21-5-3-4-6-22(21)33-28-24/h3-10H,11-16H2,1-2H3,(H,26,31). The summed E-state index contributed by atoms with van der Waals surface area (Å²) in [5.41, 5.74) is 3.14. The number of nitrogens with zero attached hydrogens (tertiary/aromatic N) is 4. The van der Waals surface area contributed by atoms with Crippen LogP contribution in [-0.4, -0.2) is 53.1 Å². The van der Waals surface area contributed by atoms with Crippen molar-refractivity contribution in [3.8, 4) is 0 Å². The second-order valence-corrected chi connectivity index (χ2v) is 9.24. The van der Waals surface area contributed by atoms with Crippen LogP contribution in [0.1, 0.15) is 27.4 Å². The van der Waals surface area contributed by atoms with Crippen LogP contribution in [0.15, 0.2) is 53.1 Å². The summed E-state index contributed by atoms with van der Waals surface area (Å²) in [6.45, 7) is 8.62. The number of hydrogen-bond acceptors (Lipinski definition) is 7. The van der Waals surface area contributed by atoms with Crippen LogP contribution in [0.4, 0.5) is 11.5 Å². The average Bonchev–Trinajstić information content (AvgIpc) is 3.42. The van der Waals surface area contributed by atoms with Crippen LogP contribution in [-0.2, 0) is 6.42 Å². The van der Waals surface area contributed by atoms with Gasteiger partial charge in [0, 0.05) is 43.8 Å². The van der Waals surface area contributed by atoms with Crippen molar-refractivity contribution in [2.24, 2.45) is 0 Å². The van der Waals surface area contributed by atoms with Crippen LogP contribution in [0, 0.1) is 13.8 Å². The number of carbonyl (C=O) groups excluding carboxylic acids is 1. The van der Waals surface area contributed by atoms with Crippen molar-refractivity contribution in [3.05, 3.63) is 71.1 Å². The second-order valence-electron chi connectivity index (χ2n) is 8.43. The molecule has 7 nitrogen and oxygen atoms in total. The lowest BCUT2D eigenvalue weighted by atomic mass is 10.1. The summed E-state index contributed by atoms with van der Waals surface area (Å²) < 4.78 is 11.0. The number of fused-ring (bicyclic) bond motifs is 1. The number of nitrogens with one attached hydrogen (secondary N) is 1. The molecule has 3 heterocycles. The van der Waals surface area contributed by atoms with Gasteiger partial charge in [0.05, 0.1) is 10.4 Å². The molecule has 1 aliphatic rings. The van der Waals surface area contributed by atoms with E-state index in [1.165, 1.54) is 15.6 Å². The zero-order valence-electron chi connectivity index (χ0n) is 18.9. The molecule has 2 aromatic heterocycles. The molecule has 0 aliphatic carbocycles. The number of amides is 1. The molecule has 0 saturated carbocycles. The summed E-state index contributed by atoms with van der Waals surface area (Å²) in [6, 6.07) is 16.5. The predicted molar refractivity (Wildman–Crippen MR) is 132 cm³/mol. The molecule has 2 aromatic carbocycles. The Labute approximate surface area is 197 Å². The number of benzene rings is 2. The molecule has 1 amide bonds. The lowest BCUT2D eigenvalue weighted by molar-refractivity contribution is 0.102. The highest BCUT2D eigenvalue weighted by molar-refractivity contribution is 7.13. The Bertz CT molecular complexity index is 1240. The molecule has 0 unspecified atom stereocenters. The highest BCUT2D eigenvalue weighted by atomic mass is 32.1. The minimum absolute atomic E-state index is 0.190. The fourth-order valence-corrected chi connectivity index (χ4v) is 5.12. The van der Waals surface area contributed by atoms with Gasteiger partial charge >= 0.3 is 0 Å². The van der Waals surface area contributed by atoms with Crippen LogP contribution in [0.5, 0.6) is 0 Å². The third-order valence-electron chi connectivity index (χ3n) is 6.22. The van der Waals surface area contributed by atoms with Gasteiger partial charge in [0.15, 0.2) is 0 Å². The maximum Gasteiger partial charge on any atom is 0.261 e. The molecule has 1 saturated heterocycles. The number of piperazine rings is 1. The summed E-state index contributed by atoms with van der Waals surface area (Å²) in [5, 5.41) is 8.04. The Hall–Kier alpha value is -3.23. The van der Waals surface area contributed by atoms with Gasteiger partial charge in [-0.15, -0.1) is 0 Å². The zero-order valence-corrected chi connectivity index (χ0v) is 19.7. The van der Waals surface area contributed by atoms with E-state index in [9.17, 15) is 4.79 Å². The third kappa shape index (κ3) is 4.62.